The van der Waals surface area contributed by atoms with Crippen LogP contribution in [0, 0.1) is 0 Å². The summed E-state index contributed by atoms with van der Waals surface area (Å²) in [5.74, 6) is -1.47. The summed E-state index contributed by atoms with van der Waals surface area (Å²) >= 11 is 0. The molecule has 0 aromatic carbocycles. The van der Waals surface area contributed by atoms with E-state index in [0.29, 0.717) is 19.3 Å². The molecule has 8 heteroatoms. The molecule has 0 aromatic rings. The number of hydrogen-bond acceptors (Lipinski definition) is 6. The fraction of sp³-hybridized carbons (Fsp3) is 0.860. The molecule has 2 atom stereocenters. The van der Waals surface area contributed by atoms with Gasteiger partial charge in [0.1, 0.15) is 6.61 Å². The molecular weight excluding hydrogens is 727 g/mol. The topological polar surface area (TPSA) is 99.1 Å². The van der Waals surface area contributed by atoms with Crippen molar-refractivity contribution in [2.45, 2.75) is 238 Å². The number of carbonyl (C=O) groups is 3. The van der Waals surface area contributed by atoms with Crippen molar-refractivity contribution in [1.82, 2.24) is 0 Å². The lowest BCUT2D eigenvalue weighted by Gasteiger charge is -2.31. The number of allylic oxidation sites excluding steroid dienone is 4. The first-order chi connectivity index (χ1) is 28.1. The van der Waals surface area contributed by atoms with Crippen molar-refractivity contribution in [2.24, 2.45) is 0 Å². The minimum atomic E-state index is -0.875. The number of quaternary nitrogens is 1. The molecule has 8 nitrogen and oxygen atoms in total. The van der Waals surface area contributed by atoms with E-state index in [1.807, 2.05) is 21.1 Å². The zero-order chi connectivity index (χ0) is 42.8. The highest BCUT2D eigenvalue weighted by molar-refractivity contribution is 5.72. The third kappa shape index (κ3) is 39.3. The molecule has 1 N–H and O–H groups in total. The Kier molecular flexibility index (Phi) is 40.0. The van der Waals surface area contributed by atoms with Crippen LogP contribution < -0.4 is 0 Å². The molecule has 0 saturated heterocycles. The molecule has 340 valence electrons. The maximum Gasteiger partial charge on any atom is 0.362 e. The Morgan fingerprint density at radius 1 is 0.517 bits per heavy atom. The lowest BCUT2D eigenvalue weighted by atomic mass is 10.0. The number of ether oxygens (including phenoxy) is 3. The Morgan fingerprint density at radius 3 is 1.40 bits per heavy atom. The van der Waals surface area contributed by atoms with Crippen molar-refractivity contribution >= 4 is 17.9 Å². The predicted molar refractivity (Wildman–Crippen MR) is 243 cm³/mol. The predicted octanol–water partition coefficient (Wildman–Crippen LogP) is 13.6. The third-order valence-corrected chi connectivity index (χ3v) is 11.1. The fourth-order valence-corrected chi connectivity index (χ4v) is 7.31. The quantitative estimate of drug-likeness (QED) is 0.0283. The zero-order valence-corrected chi connectivity index (χ0v) is 38.8. The van der Waals surface area contributed by atoms with Gasteiger partial charge in [-0.1, -0.05) is 192 Å². The molecule has 0 amide bonds. The number of likely N-dealkylation sites (N-methyl/N-ethyl adjacent to an activating group) is 1. The summed E-state index contributed by atoms with van der Waals surface area (Å²) in [4.78, 5) is 37.0. The molecule has 0 radical (unpaired) electrons. The van der Waals surface area contributed by atoms with Crippen LogP contribution in [0.25, 0.3) is 0 Å². The molecule has 0 rings (SSSR count). The molecule has 0 heterocycles. The van der Waals surface area contributed by atoms with E-state index in [9.17, 15) is 19.5 Å². The second kappa shape index (κ2) is 41.5. The minimum absolute atomic E-state index is 0.0521. The molecule has 0 aliphatic heterocycles. The first-order valence-electron chi connectivity index (χ1n) is 24.4. The highest BCUT2D eigenvalue weighted by atomic mass is 16.6. The lowest BCUT2D eigenvalue weighted by Crippen LogP contribution is -2.50. The summed E-state index contributed by atoms with van der Waals surface area (Å²) in [5, 5.41) is 9.63. The van der Waals surface area contributed by atoms with Crippen LogP contribution in [0.1, 0.15) is 226 Å². The summed E-state index contributed by atoms with van der Waals surface area (Å²) in [7, 11) is 5.53. The SMILES string of the molecule is CCC/C=C\C/C=C\CCCCCCCC(=O)OC(COCCC(C(=O)O)[N+](C)(C)C)COC(=O)CCCCCCCCCCCCCCCCCCCCCCC. The van der Waals surface area contributed by atoms with Crippen LogP contribution in [0.15, 0.2) is 24.3 Å². The molecule has 0 fully saturated rings. The van der Waals surface area contributed by atoms with Crippen LogP contribution in [0.2, 0.25) is 0 Å². The van der Waals surface area contributed by atoms with E-state index >= 15 is 0 Å². The number of carboxylic acid groups (broad SMARTS) is 1. The number of hydrogen-bond donors (Lipinski definition) is 1. The molecule has 0 saturated carbocycles. The van der Waals surface area contributed by atoms with Crippen molar-refractivity contribution in [3.05, 3.63) is 24.3 Å². The van der Waals surface area contributed by atoms with Gasteiger partial charge in [-0.3, -0.25) is 9.59 Å². The van der Waals surface area contributed by atoms with Crippen LogP contribution >= 0.6 is 0 Å². The summed E-state index contributed by atoms with van der Waals surface area (Å²) in [6.45, 7) is 4.69. The highest BCUT2D eigenvalue weighted by Crippen LogP contribution is 2.16. The van der Waals surface area contributed by atoms with Crippen molar-refractivity contribution in [1.29, 1.82) is 0 Å². The van der Waals surface area contributed by atoms with E-state index < -0.39 is 18.1 Å². The van der Waals surface area contributed by atoms with E-state index in [-0.39, 0.29) is 36.2 Å². The van der Waals surface area contributed by atoms with Crippen LogP contribution in [0.5, 0.6) is 0 Å². The summed E-state index contributed by atoms with van der Waals surface area (Å²) in [6, 6.07) is -0.614. The molecule has 0 spiro atoms. The van der Waals surface area contributed by atoms with Gasteiger partial charge in [0.15, 0.2) is 12.1 Å². The minimum Gasteiger partial charge on any atom is -0.477 e. The Labute approximate surface area is 358 Å². The molecular formula is C50H94NO7+. The average Bonchev–Trinajstić information content (AvgIpc) is 3.18. The fourth-order valence-electron chi connectivity index (χ4n) is 7.31. The van der Waals surface area contributed by atoms with E-state index in [4.69, 9.17) is 14.2 Å². The van der Waals surface area contributed by atoms with Crippen molar-refractivity contribution < 1.29 is 38.2 Å². The number of carboxylic acids is 1. The van der Waals surface area contributed by atoms with Gasteiger partial charge in [-0.15, -0.1) is 0 Å². The van der Waals surface area contributed by atoms with Gasteiger partial charge in [-0.25, -0.2) is 4.79 Å². The lowest BCUT2D eigenvalue weighted by molar-refractivity contribution is -0.887. The maximum absolute atomic E-state index is 12.7. The highest BCUT2D eigenvalue weighted by Gasteiger charge is 2.31. The molecule has 0 bridgehead atoms. The van der Waals surface area contributed by atoms with Gasteiger partial charge in [0, 0.05) is 19.3 Å². The molecule has 0 aliphatic carbocycles. The molecule has 2 unspecified atom stereocenters. The smallest absolute Gasteiger partial charge is 0.362 e. The second-order valence-electron chi connectivity index (χ2n) is 17.7. The first kappa shape index (κ1) is 55.8. The van der Waals surface area contributed by atoms with Crippen LogP contribution in [0.3, 0.4) is 0 Å². The third-order valence-electron chi connectivity index (χ3n) is 11.1. The molecule has 58 heavy (non-hydrogen) atoms. The van der Waals surface area contributed by atoms with E-state index in [0.717, 1.165) is 70.6 Å². The second-order valence-corrected chi connectivity index (χ2v) is 17.7. The Morgan fingerprint density at radius 2 is 0.948 bits per heavy atom. The van der Waals surface area contributed by atoms with Crippen molar-refractivity contribution in [3.8, 4) is 0 Å². The van der Waals surface area contributed by atoms with Gasteiger partial charge >= 0.3 is 17.9 Å². The van der Waals surface area contributed by atoms with Crippen molar-refractivity contribution in [3.63, 3.8) is 0 Å². The number of esters is 2. The summed E-state index contributed by atoms with van der Waals surface area (Å²) < 4.78 is 17.3. The largest absolute Gasteiger partial charge is 0.477 e. The van der Waals surface area contributed by atoms with Crippen LogP contribution in [-0.2, 0) is 28.6 Å². The van der Waals surface area contributed by atoms with Gasteiger partial charge in [-0.2, -0.15) is 0 Å². The number of carbonyl (C=O) groups excluding carboxylic acids is 2. The van der Waals surface area contributed by atoms with Crippen molar-refractivity contribution in [2.75, 3.05) is 41.0 Å². The Balaban J connectivity index is 4.19. The van der Waals surface area contributed by atoms with E-state index in [2.05, 4.69) is 38.2 Å². The van der Waals surface area contributed by atoms with Gasteiger partial charge in [0.05, 0.1) is 34.4 Å². The number of unbranched alkanes of at least 4 members (excludes halogenated alkanes) is 26. The molecule has 0 aromatic heterocycles. The molecule has 0 aliphatic rings. The van der Waals surface area contributed by atoms with E-state index in [1.54, 1.807) is 0 Å². The van der Waals surface area contributed by atoms with Gasteiger partial charge in [-0.05, 0) is 38.5 Å². The number of aliphatic carboxylic acids is 1. The first-order valence-corrected chi connectivity index (χ1v) is 24.4. The standard InChI is InChI=1S/C50H93NO7/c1-6-8-10-12-14-16-18-20-21-22-23-24-25-26-27-29-30-32-34-36-38-40-48(52)57-45-46(44-56-43-42-47(50(54)55)51(3,4)5)58-49(53)41-39-37-35-33-31-28-19-17-15-13-11-9-7-2/h11,13,17,19,46-47H,6-10,12,14-16,18,20-45H2,1-5H3/p+1/b13-11-,19-17-. The van der Waals surface area contributed by atoms with Crippen LogP contribution in [-0.4, -0.2) is 80.6 Å². The Hall–Kier alpha value is -2.19. The summed E-state index contributed by atoms with van der Waals surface area (Å²) in [6.07, 6.45) is 46.6. The van der Waals surface area contributed by atoms with Gasteiger partial charge in [0.2, 0.25) is 0 Å². The van der Waals surface area contributed by atoms with Gasteiger partial charge in [0.25, 0.3) is 0 Å². The maximum atomic E-state index is 12.7. The average molecular weight is 821 g/mol. The number of rotatable bonds is 44. The van der Waals surface area contributed by atoms with Crippen LogP contribution in [0.4, 0.5) is 0 Å². The normalized spacial score (nSPS) is 13.1. The summed E-state index contributed by atoms with van der Waals surface area (Å²) in [5.41, 5.74) is 0. The number of nitrogens with zero attached hydrogens (tertiary/aromatic N) is 1. The van der Waals surface area contributed by atoms with E-state index in [1.165, 1.54) is 122 Å². The zero-order valence-electron chi connectivity index (χ0n) is 38.8. The monoisotopic (exact) mass is 821 g/mol. The Bertz CT molecular complexity index is 1000. The van der Waals surface area contributed by atoms with Gasteiger partial charge < -0.3 is 23.8 Å².